The minimum atomic E-state index is -4.74. The highest BCUT2D eigenvalue weighted by Crippen LogP contribution is 2.30. The maximum atomic E-state index is 13.5. The first-order valence-electron chi connectivity index (χ1n) is 13.2. The number of anilines is 1. The third kappa shape index (κ3) is 8.26. The predicted octanol–water partition coefficient (Wildman–Crippen LogP) is 3.42. The molecule has 1 aliphatic carbocycles. The molecule has 4 N–H and O–H groups in total. The van der Waals surface area contributed by atoms with E-state index in [4.69, 9.17) is 0 Å². The summed E-state index contributed by atoms with van der Waals surface area (Å²) in [6.45, 7) is -1.55. The van der Waals surface area contributed by atoms with Gasteiger partial charge in [0.05, 0.1) is 22.9 Å². The van der Waals surface area contributed by atoms with Gasteiger partial charge in [0.1, 0.15) is 5.75 Å². The number of alkyl halides is 5. The van der Waals surface area contributed by atoms with E-state index in [2.05, 4.69) is 26.0 Å². The van der Waals surface area contributed by atoms with E-state index in [-0.39, 0.29) is 30.1 Å². The molecule has 1 saturated carbocycles. The highest BCUT2D eigenvalue weighted by Gasteiger charge is 2.38. The minimum absolute atomic E-state index is 0.191. The van der Waals surface area contributed by atoms with E-state index in [0.29, 0.717) is 25.3 Å². The summed E-state index contributed by atoms with van der Waals surface area (Å²) < 4.78 is 69.6. The maximum absolute atomic E-state index is 13.5. The Morgan fingerprint density at radius 1 is 1.05 bits per heavy atom. The second-order valence-corrected chi connectivity index (χ2v) is 10.3. The van der Waals surface area contributed by atoms with Crippen LogP contribution in [-0.2, 0) is 20.6 Å². The zero-order valence-electron chi connectivity index (χ0n) is 22.6. The van der Waals surface area contributed by atoms with Gasteiger partial charge < -0.3 is 26.0 Å². The number of hydrogen-bond acceptors (Lipinski definition) is 6. The molecule has 230 valence electrons. The van der Waals surface area contributed by atoms with Gasteiger partial charge in [-0.05, 0) is 69.0 Å². The van der Waals surface area contributed by atoms with Crippen LogP contribution in [0.1, 0.15) is 58.9 Å². The summed E-state index contributed by atoms with van der Waals surface area (Å²) in [4.78, 5) is 64.3. The van der Waals surface area contributed by atoms with Gasteiger partial charge in [-0.3, -0.25) is 24.0 Å². The molecule has 0 bridgehead atoms. The summed E-state index contributed by atoms with van der Waals surface area (Å²) in [5.74, 6) is -5.81. The zero-order valence-corrected chi connectivity index (χ0v) is 22.6. The topological polar surface area (TPSA) is 143 Å². The normalized spacial score (nSPS) is 18.9. The van der Waals surface area contributed by atoms with Crippen molar-refractivity contribution < 1.29 is 50.7 Å². The molecule has 1 heterocycles. The van der Waals surface area contributed by atoms with Crippen LogP contribution in [0.3, 0.4) is 0 Å². The quantitative estimate of drug-likeness (QED) is 0.227. The molecule has 43 heavy (non-hydrogen) atoms. The SMILES string of the molecule is C[C@@H]1C[C@@H](CC(NC(=O)c2cc(OC(F)F)ccc2NC(=O)c2cccc(C(F)(F)F)c2)C(=O)C(=O)NC2CC2)C(=O)N1. The molecule has 0 radical (unpaired) electrons. The van der Waals surface area contributed by atoms with Gasteiger partial charge in [-0.2, -0.15) is 22.0 Å². The summed E-state index contributed by atoms with van der Waals surface area (Å²) >= 11 is 0. The van der Waals surface area contributed by atoms with Crippen LogP contribution in [0.5, 0.6) is 5.75 Å². The number of hydrogen-bond donors (Lipinski definition) is 4. The van der Waals surface area contributed by atoms with Crippen LogP contribution >= 0.6 is 0 Å². The van der Waals surface area contributed by atoms with Crippen LogP contribution in [0.15, 0.2) is 42.5 Å². The lowest BCUT2D eigenvalue weighted by atomic mass is 9.93. The number of ketones is 1. The van der Waals surface area contributed by atoms with E-state index in [0.717, 1.165) is 36.4 Å². The fraction of sp³-hybridized carbons (Fsp3) is 0.393. The Morgan fingerprint density at radius 3 is 2.37 bits per heavy atom. The van der Waals surface area contributed by atoms with Crippen molar-refractivity contribution in [3.8, 4) is 5.75 Å². The van der Waals surface area contributed by atoms with Crippen LogP contribution in [0.4, 0.5) is 27.6 Å². The van der Waals surface area contributed by atoms with Crippen molar-refractivity contribution in [1.82, 2.24) is 16.0 Å². The number of halogens is 5. The molecular formula is C28H27F5N4O6. The summed E-state index contributed by atoms with van der Waals surface area (Å²) in [6, 6.07) is 4.36. The molecule has 1 unspecified atom stereocenters. The monoisotopic (exact) mass is 610 g/mol. The largest absolute Gasteiger partial charge is 0.435 e. The Bertz CT molecular complexity index is 1430. The summed E-state index contributed by atoms with van der Waals surface area (Å²) in [5.41, 5.74) is -2.33. The smallest absolute Gasteiger partial charge is 0.416 e. The molecule has 1 saturated heterocycles. The standard InChI is InChI=1S/C28H27F5N4O6/c1-13-9-15(24(40)34-13)11-21(22(38)26(42)35-17-5-6-17)37-25(41)19-12-18(43-27(29)30)7-8-20(19)36-23(39)14-3-2-4-16(10-14)28(31,32)33/h2-4,7-8,10,12-13,15,17,21,27H,5-6,9,11H2,1H3,(H,34,40)(H,35,42)(H,36,39)(H,37,41)/t13-,15+,21?/m1/s1. The molecule has 4 amide bonds. The van der Waals surface area contributed by atoms with Crippen molar-refractivity contribution in [1.29, 1.82) is 0 Å². The van der Waals surface area contributed by atoms with Gasteiger partial charge in [-0.25, -0.2) is 0 Å². The molecule has 15 heteroatoms. The molecule has 0 aromatic heterocycles. The molecule has 10 nitrogen and oxygen atoms in total. The van der Waals surface area contributed by atoms with Crippen molar-refractivity contribution in [3.63, 3.8) is 0 Å². The van der Waals surface area contributed by atoms with Gasteiger partial charge in [0.2, 0.25) is 11.7 Å². The van der Waals surface area contributed by atoms with Gasteiger partial charge in [0.15, 0.2) is 0 Å². The number of carbonyl (C=O) groups is 5. The lowest BCUT2D eigenvalue weighted by Gasteiger charge is -2.21. The van der Waals surface area contributed by atoms with E-state index in [1.807, 2.05) is 0 Å². The van der Waals surface area contributed by atoms with E-state index in [9.17, 15) is 45.9 Å². The molecule has 3 atom stereocenters. The van der Waals surface area contributed by atoms with Crippen LogP contribution in [0.2, 0.25) is 0 Å². The average molecular weight is 611 g/mol. The van der Waals surface area contributed by atoms with E-state index >= 15 is 0 Å². The molecule has 2 fully saturated rings. The van der Waals surface area contributed by atoms with Crippen LogP contribution < -0.4 is 26.0 Å². The fourth-order valence-corrected chi connectivity index (χ4v) is 4.58. The molecule has 1 aliphatic heterocycles. The molecule has 2 aliphatic rings. The highest BCUT2D eigenvalue weighted by molar-refractivity contribution is 6.38. The summed E-state index contributed by atoms with van der Waals surface area (Å²) in [5, 5.41) is 9.83. The van der Waals surface area contributed by atoms with Crippen molar-refractivity contribution in [2.45, 2.75) is 63.5 Å². The first-order chi connectivity index (χ1) is 20.2. The van der Waals surface area contributed by atoms with Crippen LogP contribution in [0.25, 0.3) is 0 Å². The number of Topliss-reactive ketones (excluding diaryl/α,β-unsaturated/α-hetero) is 1. The van der Waals surface area contributed by atoms with Crippen LogP contribution in [-0.4, -0.2) is 54.1 Å². The highest BCUT2D eigenvalue weighted by atomic mass is 19.4. The molecule has 0 spiro atoms. The summed E-state index contributed by atoms with van der Waals surface area (Å²) in [7, 11) is 0. The first kappa shape index (κ1) is 31.4. The lowest BCUT2D eigenvalue weighted by molar-refractivity contribution is -0.139. The minimum Gasteiger partial charge on any atom is -0.435 e. The molecule has 4 rings (SSSR count). The van der Waals surface area contributed by atoms with Gasteiger partial charge in [0, 0.05) is 23.6 Å². The van der Waals surface area contributed by atoms with Crippen molar-refractivity contribution >= 4 is 35.1 Å². The Balaban J connectivity index is 1.62. The maximum Gasteiger partial charge on any atom is 0.416 e. The van der Waals surface area contributed by atoms with Gasteiger partial charge in [0.25, 0.3) is 17.7 Å². The lowest BCUT2D eigenvalue weighted by Crippen LogP contribution is -2.49. The third-order valence-corrected chi connectivity index (χ3v) is 6.84. The number of amides is 4. The second kappa shape index (κ2) is 12.8. The summed E-state index contributed by atoms with van der Waals surface area (Å²) in [6.07, 6.45) is -3.33. The van der Waals surface area contributed by atoms with E-state index < -0.39 is 70.7 Å². The number of nitrogens with one attached hydrogen (secondary N) is 4. The Labute approximate surface area is 241 Å². The van der Waals surface area contributed by atoms with Gasteiger partial charge >= 0.3 is 12.8 Å². The van der Waals surface area contributed by atoms with Crippen molar-refractivity contribution in [2.24, 2.45) is 5.92 Å². The fourth-order valence-electron chi connectivity index (χ4n) is 4.58. The Morgan fingerprint density at radius 2 is 1.77 bits per heavy atom. The van der Waals surface area contributed by atoms with Gasteiger partial charge in [-0.1, -0.05) is 6.07 Å². The van der Waals surface area contributed by atoms with E-state index in [1.54, 1.807) is 6.92 Å². The Hall–Kier alpha value is -4.56. The van der Waals surface area contributed by atoms with Crippen LogP contribution in [0, 0.1) is 5.92 Å². The predicted molar refractivity (Wildman–Crippen MR) is 140 cm³/mol. The van der Waals surface area contributed by atoms with Crippen molar-refractivity contribution in [2.75, 3.05) is 5.32 Å². The number of benzene rings is 2. The number of ether oxygens (including phenoxy) is 1. The van der Waals surface area contributed by atoms with E-state index in [1.165, 1.54) is 0 Å². The zero-order chi connectivity index (χ0) is 31.5. The second-order valence-electron chi connectivity index (χ2n) is 10.3. The number of carbonyl (C=O) groups excluding carboxylic acids is 5. The first-order valence-corrected chi connectivity index (χ1v) is 13.2. The van der Waals surface area contributed by atoms with Crippen molar-refractivity contribution in [3.05, 3.63) is 59.2 Å². The average Bonchev–Trinajstić information content (AvgIpc) is 3.69. The Kier molecular flexibility index (Phi) is 9.30. The van der Waals surface area contributed by atoms with Gasteiger partial charge in [-0.15, -0.1) is 0 Å². The third-order valence-electron chi connectivity index (χ3n) is 6.84. The molecule has 2 aromatic rings. The molecule has 2 aromatic carbocycles. The molecular weight excluding hydrogens is 583 g/mol. The number of rotatable bonds is 11.